The zero-order chi connectivity index (χ0) is 13.1. The summed E-state index contributed by atoms with van der Waals surface area (Å²) in [6.07, 6.45) is 1.80. The molecule has 0 radical (unpaired) electrons. The summed E-state index contributed by atoms with van der Waals surface area (Å²) in [6, 6.07) is 11.3. The largest absolute Gasteiger partial charge is 0.504 e. The predicted octanol–water partition coefficient (Wildman–Crippen LogP) is 3.89. The first-order valence-corrected chi connectivity index (χ1v) is 6.31. The smallest absolute Gasteiger partial charge is 0.165 e. The lowest BCUT2D eigenvalue weighted by atomic mass is 9.91. The molecule has 0 aliphatic rings. The van der Waals surface area contributed by atoms with Gasteiger partial charge in [0.2, 0.25) is 0 Å². The maximum atomic E-state index is 10.0. The molecule has 2 rings (SSSR count). The minimum atomic E-state index is -0.0690. The third-order valence-corrected chi connectivity index (χ3v) is 3.28. The Bertz CT molecular complexity index is 537. The van der Waals surface area contributed by atoms with Crippen LogP contribution in [-0.4, -0.2) is 10.2 Å². The van der Waals surface area contributed by atoms with Crippen LogP contribution in [0.2, 0.25) is 0 Å². The van der Waals surface area contributed by atoms with Gasteiger partial charge in [-0.1, -0.05) is 44.2 Å². The molecule has 2 nitrogen and oxygen atoms in total. The molecule has 0 saturated carbocycles. The highest BCUT2D eigenvalue weighted by Gasteiger charge is 2.14. The second kappa shape index (κ2) is 5.13. The fourth-order valence-electron chi connectivity index (χ4n) is 2.32. The van der Waals surface area contributed by atoms with Crippen LogP contribution < -0.4 is 0 Å². The number of benzene rings is 2. The van der Waals surface area contributed by atoms with Gasteiger partial charge in [-0.3, -0.25) is 0 Å². The molecule has 0 aliphatic heterocycles. The second-order valence-electron chi connectivity index (χ2n) is 4.33. The lowest BCUT2D eigenvalue weighted by molar-refractivity contribution is 0.405. The van der Waals surface area contributed by atoms with Crippen LogP contribution in [0.3, 0.4) is 0 Å². The number of para-hydroxylation sites is 1. The number of aryl methyl sites for hydroxylation is 2. The zero-order valence-corrected chi connectivity index (χ0v) is 10.8. The fourth-order valence-corrected chi connectivity index (χ4v) is 2.32. The lowest BCUT2D eigenvalue weighted by Crippen LogP contribution is -1.94. The van der Waals surface area contributed by atoms with E-state index in [9.17, 15) is 10.2 Å². The van der Waals surface area contributed by atoms with Gasteiger partial charge in [0.15, 0.2) is 11.5 Å². The van der Waals surface area contributed by atoms with E-state index >= 15 is 0 Å². The predicted molar refractivity (Wildman–Crippen MR) is 74.0 cm³/mol. The Labute approximate surface area is 108 Å². The Kier molecular flexibility index (Phi) is 3.56. The van der Waals surface area contributed by atoms with Crippen molar-refractivity contribution in [3.8, 4) is 22.6 Å². The minimum Gasteiger partial charge on any atom is -0.504 e. The third kappa shape index (κ3) is 2.06. The fraction of sp³-hybridized carbons (Fsp3) is 0.250. The normalized spacial score (nSPS) is 10.6. The zero-order valence-electron chi connectivity index (χ0n) is 10.8. The minimum absolute atomic E-state index is 0.0342. The average Bonchev–Trinajstić information content (AvgIpc) is 2.41. The highest BCUT2D eigenvalue weighted by atomic mass is 16.3. The second-order valence-corrected chi connectivity index (χ2v) is 4.33. The SMILES string of the molecule is CCc1cccc(CC)c1-c1cccc(O)c1O. The number of phenolic OH excluding ortho intramolecular Hbond substituents is 2. The highest BCUT2D eigenvalue weighted by Crippen LogP contribution is 2.39. The molecule has 0 saturated heterocycles. The van der Waals surface area contributed by atoms with Gasteiger partial charge >= 0.3 is 0 Å². The Morgan fingerprint density at radius 2 is 1.39 bits per heavy atom. The van der Waals surface area contributed by atoms with E-state index in [2.05, 4.69) is 26.0 Å². The topological polar surface area (TPSA) is 40.5 Å². The molecule has 94 valence electrons. The van der Waals surface area contributed by atoms with E-state index in [1.165, 1.54) is 17.2 Å². The number of hydrogen-bond donors (Lipinski definition) is 2. The summed E-state index contributed by atoms with van der Waals surface area (Å²) in [5.41, 5.74) is 4.14. The van der Waals surface area contributed by atoms with Gasteiger partial charge in [0.25, 0.3) is 0 Å². The van der Waals surface area contributed by atoms with Crippen molar-refractivity contribution < 1.29 is 10.2 Å². The van der Waals surface area contributed by atoms with Crippen molar-refractivity contribution in [2.24, 2.45) is 0 Å². The highest BCUT2D eigenvalue weighted by molar-refractivity contribution is 5.78. The van der Waals surface area contributed by atoms with Crippen LogP contribution >= 0.6 is 0 Å². The van der Waals surface area contributed by atoms with E-state index in [1.54, 1.807) is 6.07 Å². The maximum absolute atomic E-state index is 10.0. The first-order valence-electron chi connectivity index (χ1n) is 6.31. The van der Waals surface area contributed by atoms with Gasteiger partial charge in [-0.05, 0) is 35.6 Å². The number of rotatable bonds is 3. The molecule has 2 heteroatoms. The van der Waals surface area contributed by atoms with Crippen molar-refractivity contribution >= 4 is 0 Å². The van der Waals surface area contributed by atoms with Crippen molar-refractivity contribution in [3.05, 3.63) is 47.5 Å². The van der Waals surface area contributed by atoms with Gasteiger partial charge in [0.1, 0.15) is 0 Å². The quantitative estimate of drug-likeness (QED) is 0.802. The van der Waals surface area contributed by atoms with Crippen LogP contribution in [0.25, 0.3) is 11.1 Å². The van der Waals surface area contributed by atoms with E-state index < -0.39 is 0 Å². The first kappa shape index (κ1) is 12.5. The molecule has 2 N–H and O–H groups in total. The summed E-state index contributed by atoms with van der Waals surface area (Å²) in [7, 11) is 0. The molecule has 2 aromatic rings. The van der Waals surface area contributed by atoms with E-state index in [4.69, 9.17) is 0 Å². The van der Waals surface area contributed by atoms with Crippen molar-refractivity contribution in [3.63, 3.8) is 0 Å². The molecule has 0 fully saturated rings. The van der Waals surface area contributed by atoms with E-state index in [0.717, 1.165) is 18.4 Å². The molecule has 0 aliphatic carbocycles. The number of phenols is 2. The molecule has 0 atom stereocenters. The summed E-state index contributed by atoms with van der Waals surface area (Å²) >= 11 is 0. The molecule has 0 unspecified atom stereocenters. The van der Waals surface area contributed by atoms with Crippen molar-refractivity contribution in [1.29, 1.82) is 0 Å². The average molecular weight is 242 g/mol. The maximum Gasteiger partial charge on any atom is 0.165 e. The van der Waals surface area contributed by atoms with Gasteiger partial charge in [-0.25, -0.2) is 0 Å². The summed E-state index contributed by atoms with van der Waals surface area (Å²) in [5.74, 6) is -0.103. The monoisotopic (exact) mass is 242 g/mol. The van der Waals surface area contributed by atoms with Gasteiger partial charge in [0.05, 0.1) is 0 Å². The Hall–Kier alpha value is -1.96. The molecule has 0 bridgehead atoms. The summed E-state index contributed by atoms with van der Waals surface area (Å²) < 4.78 is 0. The van der Waals surface area contributed by atoms with Crippen LogP contribution in [0.5, 0.6) is 11.5 Å². The Morgan fingerprint density at radius 3 is 1.94 bits per heavy atom. The standard InChI is InChI=1S/C16H18O2/c1-3-11-7-5-8-12(4-2)15(11)13-9-6-10-14(17)16(13)18/h5-10,17-18H,3-4H2,1-2H3. The van der Waals surface area contributed by atoms with Crippen LogP contribution in [0, 0.1) is 0 Å². The van der Waals surface area contributed by atoms with Crippen molar-refractivity contribution in [1.82, 2.24) is 0 Å². The van der Waals surface area contributed by atoms with Gasteiger partial charge in [-0.2, -0.15) is 0 Å². The summed E-state index contributed by atoms with van der Waals surface area (Å²) in [6.45, 7) is 4.19. The molecular weight excluding hydrogens is 224 g/mol. The van der Waals surface area contributed by atoms with E-state index in [1.807, 2.05) is 12.1 Å². The Balaban J connectivity index is 2.73. The summed E-state index contributed by atoms with van der Waals surface area (Å²) in [5, 5.41) is 19.7. The first-order chi connectivity index (χ1) is 8.69. The molecular formula is C16H18O2. The van der Waals surface area contributed by atoms with Gasteiger partial charge in [-0.15, -0.1) is 0 Å². The van der Waals surface area contributed by atoms with E-state index in [0.29, 0.717) is 5.56 Å². The van der Waals surface area contributed by atoms with Crippen LogP contribution in [-0.2, 0) is 12.8 Å². The van der Waals surface area contributed by atoms with E-state index in [-0.39, 0.29) is 11.5 Å². The Morgan fingerprint density at radius 1 is 0.833 bits per heavy atom. The molecule has 0 amide bonds. The molecule has 0 heterocycles. The molecule has 18 heavy (non-hydrogen) atoms. The van der Waals surface area contributed by atoms with Crippen LogP contribution in [0.1, 0.15) is 25.0 Å². The van der Waals surface area contributed by atoms with Crippen molar-refractivity contribution in [2.45, 2.75) is 26.7 Å². The van der Waals surface area contributed by atoms with Crippen molar-refractivity contribution in [2.75, 3.05) is 0 Å². The number of aromatic hydroxyl groups is 2. The molecule has 0 aromatic heterocycles. The molecule has 0 spiro atoms. The number of hydrogen-bond acceptors (Lipinski definition) is 2. The molecule has 2 aromatic carbocycles. The third-order valence-electron chi connectivity index (χ3n) is 3.28. The lowest BCUT2D eigenvalue weighted by Gasteiger charge is -2.15. The van der Waals surface area contributed by atoms with Gasteiger partial charge in [0, 0.05) is 5.56 Å². The summed E-state index contributed by atoms with van der Waals surface area (Å²) in [4.78, 5) is 0. The van der Waals surface area contributed by atoms with Crippen LogP contribution in [0.15, 0.2) is 36.4 Å². The van der Waals surface area contributed by atoms with Crippen LogP contribution in [0.4, 0.5) is 0 Å². The van der Waals surface area contributed by atoms with Gasteiger partial charge < -0.3 is 10.2 Å².